The molecule has 0 aromatic rings. The number of rotatable bonds is 4. The molecule has 1 fully saturated rings. The molecule has 0 saturated heterocycles. The number of hydrogen-bond donors (Lipinski definition) is 1. The highest BCUT2D eigenvalue weighted by Gasteiger charge is 2.35. The van der Waals surface area contributed by atoms with Crippen molar-refractivity contribution in [3.05, 3.63) is 0 Å². The fourth-order valence-electron chi connectivity index (χ4n) is 2.05. The third-order valence-corrected chi connectivity index (χ3v) is 3.87. The zero-order valence-electron chi connectivity index (χ0n) is 9.63. The summed E-state index contributed by atoms with van der Waals surface area (Å²) in [5.74, 6) is -1.23. The molecule has 0 aromatic carbocycles. The summed E-state index contributed by atoms with van der Waals surface area (Å²) in [5.41, 5.74) is 0. The Morgan fingerprint density at radius 2 is 1.81 bits per heavy atom. The van der Waals surface area contributed by atoms with Gasteiger partial charge < -0.3 is 0 Å². The molecule has 0 aliphatic heterocycles. The molecule has 0 heterocycles. The fraction of sp³-hybridized carbons (Fsp3) is 1.00. The average Bonchev–Trinajstić information content (AvgIpc) is 2.25. The summed E-state index contributed by atoms with van der Waals surface area (Å²) in [6.45, 7) is 1.66. The molecule has 1 rings (SSSR count). The van der Waals surface area contributed by atoms with Gasteiger partial charge >= 0.3 is 6.18 Å². The van der Waals surface area contributed by atoms with Gasteiger partial charge in [0, 0.05) is 12.6 Å². The maximum absolute atomic E-state index is 12.3. The molecule has 1 unspecified atom stereocenters. The minimum Gasteiger partial charge on any atom is -0.250 e. The van der Waals surface area contributed by atoms with Crippen molar-refractivity contribution < 1.29 is 13.2 Å². The number of alkyl halides is 3. The average molecular weight is 255 g/mol. The second kappa shape index (κ2) is 6.15. The Balaban J connectivity index is 2.26. The smallest absolute Gasteiger partial charge is 0.250 e. The van der Waals surface area contributed by atoms with Gasteiger partial charge in [-0.25, -0.2) is 0 Å². The Morgan fingerprint density at radius 1 is 1.25 bits per heavy atom. The van der Waals surface area contributed by atoms with Gasteiger partial charge in [0.1, 0.15) is 0 Å². The Labute approximate surface area is 101 Å². The van der Waals surface area contributed by atoms with Gasteiger partial charge in [0.2, 0.25) is 0 Å². The van der Waals surface area contributed by atoms with Crippen LogP contribution in [0.3, 0.4) is 0 Å². The molecular formula is C11H20F3NS. The number of thiol groups is 1. The molecular weight excluding hydrogens is 235 g/mol. The summed E-state index contributed by atoms with van der Waals surface area (Å²) < 4.78 is 38.7. The van der Waals surface area contributed by atoms with Crippen molar-refractivity contribution in [2.24, 2.45) is 5.92 Å². The highest BCUT2D eigenvalue weighted by Crippen LogP contribution is 2.30. The van der Waals surface area contributed by atoms with Crippen LogP contribution in [0.2, 0.25) is 0 Å². The SMILES string of the molecule is CC(CCN(S)C1CCCCC1)C(F)(F)F. The number of halogens is 3. The van der Waals surface area contributed by atoms with Gasteiger partial charge in [-0.1, -0.05) is 39.0 Å². The van der Waals surface area contributed by atoms with Crippen LogP contribution in [0.15, 0.2) is 0 Å². The fourth-order valence-corrected chi connectivity index (χ4v) is 2.40. The number of hydrogen-bond acceptors (Lipinski definition) is 2. The monoisotopic (exact) mass is 255 g/mol. The predicted octanol–water partition coefficient (Wildman–Crippen LogP) is 4.05. The summed E-state index contributed by atoms with van der Waals surface area (Å²) >= 11 is 4.31. The van der Waals surface area contributed by atoms with E-state index < -0.39 is 12.1 Å². The predicted molar refractivity (Wildman–Crippen MR) is 62.4 cm³/mol. The van der Waals surface area contributed by atoms with Crippen LogP contribution in [0.25, 0.3) is 0 Å². The van der Waals surface area contributed by atoms with Gasteiger partial charge in [-0.2, -0.15) is 13.2 Å². The van der Waals surface area contributed by atoms with Crippen LogP contribution < -0.4 is 0 Å². The van der Waals surface area contributed by atoms with Gasteiger partial charge in [0.15, 0.2) is 0 Å². The maximum Gasteiger partial charge on any atom is 0.391 e. The highest BCUT2D eigenvalue weighted by molar-refractivity contribution is 7.77. The highest BCUT2D eigenvalue weighted by atomic mass is 32.1. The Bertz CT molecular complexity index is 202. The van der Waals surface area contributed by atoms with Gasteiger partial charge in [0.05, 0.1) is 5.92 Å². The van der Waals surface area contributed by atoms with Crippen molar-refractivity contribution in [1.29, 1.82) is 0 Å². The molecule has 0 N–H and O–H groups in total. The molecule has 0 bridgehead atoms. The van der Waals surface area contributed by atoms with Gasteiger partial charge in [0.25, 0.3) is 0 Å². The van der Waals surface area contributed by atoms with Crippen LogP contribution in [0.5, 0.6) is 0 Å². The van der Waals surface area contributed by atoms with E-state index in [4.69, 9.17) is 0 Å². The van der Waals surface area contributed by atoms with Crippen LogP contribution in [0, 0.1) is 5.92 Å². The Morgan fingerprint density at radius 3 is 2.31 bits per heavy atom. The lowest BCUT2D eigenvalue weighted by Crippen LogP contribution is -2.32. The summed E-state index contributed by atoms with van der Waals surface area (Å²) in [4.78, 5) is 0. The molecule has 0 aromatic heterocycles. The van der Waals surface area contributed by atoms with E-state index in [-0.39, 0.29) is 6.42 Å². The lowest BCUT2D eigenvalue weighted by Gasteiger charge is -2.30. The third-order valence-electron chi connectivity index (χ3n) is 3.35. The molecule has 96 valence electrons. The van der Waals surface area contributed by atoms with E-state index in [2.05, 4.69) is 12.8 Å². The topological polar surface area (TPSA) is 3.24 Å². The molecule has 0 spiro atoms. The molecule has 0 amide bonds. The first-order valence-electron chi connectivity index (χ1n) is 5.93. The lowest BCUT2D eigenvalue weighted by molar-refractivity contribution is -0.171. The standard InChI is InChI=1S/C11H20F3NS/c1-9(11(12,13)14)7-8-15(16)10-5-3-2-4-6-10/h9-10,16H,2-8H2,1H3. The van der Waals surface area contributed by atoms with Crippen LogP contribution >= 0.6 is 12.8 Å². The molecule has 1 nitrogen and oxygen atoms in total. The van der Waals surface area contributed by atoms with Crippen molar-refractivity contribution in [3.63, 3.8) is 0 Å². The number of nitrogens with zero attached hydrogens (tertiary/aromatic N) is 1. The minimum atomic E-state index is -4.07. The molecule has 1 aliphatic rings. The van der Waals surface area contributed by atoms with Crippen LogP contribution in [0.1, 0.15) is 45.4 Å². The second-order valence-electron chi connectivity index (χ2n) is 4.69. The van der Waals surface area contributed by atoms with Crippen molar-refractivity contribution in [3.8, 4) is 0 Å². The minimum absolute atomic E-state index is 0.142. The quantitative estimate of drug-likeness (QED) is 0.742. The van der Waals surface area contributed by atoms with E-state index in [1.165, 1.54) is 26.2 Å². The van der Waals surface area contributed by atoms with E-state index in [0.29, 0.717) is 12.6 Å². The van der Waals surface area contributed by atoms with Crippen molar-refractivity contribution >= 4 is 12.8 Å². The molecule has 5 heteroatoms. The lowest BCUT2D eigenvalue weighted by atomic mass is 9.95. The summed E-state index contributed by atoms with van der Waals surface area (Å²) in [5, 5.41) is 0. The zero-order chi connectivity index (χ0) is 12.2. The summed E-state index contributed by atoms with van der Waals surface area (Å²) in [6, 6.07) is 0.373. The van der Waals surface area contributed by atoms with Crippen LogP contribution in [0.4, 0.5) is 13.2 Å². The largest absolute Gasteiger partial charge is 0.391 e. The first-order chi connectivity index (χ1) is 7.41. The first-order valence-corrected chi connectivity index (χ1v) is 6.33. The summed E-state index contributed by atoms with van der Waals surface area (Å²) in [6.07, 6.45) is 1.82. The van der Waals surface area contributed by atoms with Crippen molar-refractivity contribution in [1.82, 2.24) is 4.31 Å². The normalized spacial score (nSPS) is 21.4. The van der Waals surface area contributed by atoms with Crippen molar-refractivity contribution in [2.45, 2.75) is 57.7 Å². The molecule has 1 atom stereocenters. The van der Waals surface area contributed by atoms with E-state index in [1.807, 2.05) is 0 Å². The van der Waals surface area contributed by atoms with E-state index >= 15 is 0 Å². The molecule has 0 radical (unpaired) electrons. The van der Waals surface area contributed by atoms with Crippen LogP contribution in [-0.2, 0) is 0 Å². The summed E-state index contributed by atoms with van der Waals surface area (Å²) in [7, 11) is 0. The van der Waals surface area contributed by atoms with Crippen LogP contribution in [-0.4, -0.2) is 23.1 Å². The molecule has 1 aliphatic carbocycles. The molecule has 16 heavy (non-hydrogen) atoms. The van der Waals surface area contributed by atoms with Gasteiger partial charge in [-0.05, 0) is 19.3 Å². The van der Waals surface area contributed by atoms with E-state index in [1.54, 1.807) is 4.31 Å². The Hall–Kier alpha value is 0.100. The maximum atomic E-state index is 12.3. The second-order valence-corrected chi connectivity index (χ2v) is 5.20. The van der Waals surface area contributed by atoms with Crippen molar-refractivity contribution in [2.75, 3.05) is 6.54 Å². The van der Waals surface area contributed by atoms with Gasteiger partial charge in [-0.15, -0.1) is 0 Å². The zero-order valence-corrected chi connectivity index (χ0v) is 10.5. The first kappa shape index (κ1) is 14.2. The van der Waals surface area contributed by atoms with E-state index in [0.717, 1.165) is 12.8 Å². The van der Waals surface area contributed by atoms with Gasteiger partial charge in [-0.3, -0.25) is 4.31 Å². The third kappa shape index (κ3) is 4.53. The Kier molecular flexibility index (Phi) is 5.44. The molecule has 1 saturated carbocycles. The van der Waals surface area contributed by atoms with E-state index in [9.17, 15) is 13.2 Å².